The standard InChI is InChI=1S/C9H16N2O4/c10-5-8(12)11-3-1-7(2-4-11)15-6-9(13)14/h7H,1-6,10H2,(H,13,14). The molecule has 1 fully saturated rings. The van der Waals surface area contributed by atoms with Crippen LogP contribution in [0.1, 0.15) is 12.8 Å². The lowest BCUT2D eigenvalue weighted by molar-refractivity contribution is -0.146. The molecule has 0 aromatic carbocycles. The minimum Gasteiger partial charge on any atom is -0.480 e. The van der Waals surface area contributed by atoms with Gasteiger partial charge in [-0.25, -0.2) is 4.79 Å². The molecule has 15 heavy (non-hydrogen) atoms. The quantitative estimate of drug-likeness (QED) is 0.631. The predicted molar refractivity (Wildman–Crippen MR) is 52.2 cm³/mol. The average Bonchev–Trinajstić information content (AvgIpc) is 2.26. The number of carbonyl (C=O) groups excluding carboxylic acids is 1. The number of hydrogen-bond acceptors (Lipinski definition) is 4. The van der Waals surface area contributed by atoms with E-state index in [1.165, 1.54) is 0 Å². The molecule has 0 radical (unpaired) electrons. The fraction of sp³-hybridized carbons (Fsp3) is 0.778. The van der Waals surface area contributed by atoms with Gasteiger partial charge in [-0.2, -0.15) is 0 Å². The van der Waals surface area contributed by atoms with E-state index in [2.05, 4.69) is 0 Å². The molecular weight excluding hydrogens is 200 g/mol. The molecular formula is C9H16N2O4. The van der Waals surface area contributed by atoms with Crippen molar-refractivity contribution in [3.05, 3.63) is 0 Å². The average molecular weight is 216 g/mol. The maximum atomic E-state index is 11.2. The number of nitrogens with two attached hydrogens (primary N) is 1. The van der Waals surface area contributed by atoms with Crippen molar-refractivity contribution in [2.45, 2.75) is 18.9 Å². The van der Waals surface area contributed by atoms with Crippen LogP contribution in [0.4, 0.5) is 0 Å². The number of nitrogens with zero attached hydrogens (tertiary/aromatic N) is 1. The maximum absolute atomic E-state index is 11.2. The van der Waals surface area contributed by atoms with E-state index < -0.39 is 5.97 Å². The fourth-order valence-corrected chi connectivity index (χ4v) is 1.59. The molecule has 0 aromatic rings. The number of carboxylic acids is 1. The topological polar surface area (TPSA) is 92.9 Å². The number of hydrogen-bond donors (Lipinski definition) is 2. The lowest BCUT2D eigenvalue weighted by Gasteiger charge is -2.31. The van der Waals surface area contributed by atoms with E-state index >= 15 is 0 Å². The highest BCUT2D eigenvalue weighted by atomic mass is 16.5. The van der Waals surface area contributed by atoms with Crippen molar-refractivity contribution in [2.75, 3.05) is 26.2 Å². The van der Waals surface area contributed by atoms with Gasteiger partial charge >= 0.3 is 5.97 Å². The number of likely N-dealkylation sites (tertiary alicyclic amines) is 1. The van der Waals surface area contributed by atoms with Crippen molar-refractivity contribution < 1.29 is 19.4 Å². The summed E-state index contributed by atoms with van der Waals surface area (Å²) in [5.74, 6) is -1.03. The maximum Gasteiger partial charge on any atom is 0.329 e. The van der Waals surface area contributed by atoms with Gasteiger partial charge in [0.2, 0.25) is 5.91 Å². The summed E-state index contributed by atoms with van der Waals surface area (Å²) in [6, 6.07) is 0. The van der Waals surface area contributed by atoms with E-state index in [0.29, 0.717) is 25.9 Å². The molecule has 1 aliphatic rings. The van der Waals surface area contributed by atoms with Crippen molar-refractivity contribution in [3.63, 3.8) is 0 Å². The van der Waals surface area contributed by atoms with Crippen molar-refractivity contribution in [1.82, 2.24) is 4.90 Å². The zero-order chi connectivity index (χ0) is 11.3. The molecule has 1 amide bonds. The minimum atomic E-state index is -0.963. The summed E-state index contributed by atoms with van der Waals surface area (Å²) in [5, 5.41) is 8.42. The Morgan fingerprint density at radius 3 is 2.47 bits per heavy atom. The number of carboxylic acid groups (broad SMARTS) is 1. The van der Waals surface area contributed by atoms with Crippen molar-refractivity contribution in [1.29, 1.82) is 0 Å². The summed E-state index contributed by atoms with van der Waals surface area (Å²) >= 11 is 0. The second-order valence-electron chi connectivity index (χ2n) is 3.49. The normalized spacial score (nSPS) is 17.8. The van der Waals surface area contributed by atoms with Gasteiger partial charge in [-0.3, -0.25) is 4.79 Å². The van der Waals surface area contributed by atoms with E-state index in [9.17, 15) is 9.59 Å². The Morgan fingerprint density at radius 1 is 1.40 bits per heavy atom. The highest BCUT2D eigenvalue weighted by Crippen LogP contribution is 2.13. The van der Waals surface area contributed by atoms with Crippen LogP contribution in [0.5, 0.6) is 0 Å². The first kappa shape index (κ1) is 11.9. The Morgan fingerprint density at radius 2 is 2.00 bits per heavy atom. The van der Waals surface area contributed by atoms with Crippen LogP contribution in [0, 0.1) is 0 Å². The highest BCUT2D eigenvalue weighted by Gasteiger charge is 2.22. The Hall–Kier alpha value is -1.14. The second kappa shape index (κ2) is 5.67. The Bertz CT molecular complexity index is 236. The van der Waals surface area contributed by atoms with Gasteiger partial charge in [-0.1, -0.05) is 0 Å². The highest BCUT2D eigenvalue weighted by molar-refractivity contribution is 5.78. The van der Waals surface area contributed by atoms with Gasteiger partial charge < -0.3 is 20.5 Å². The van der Waals surface area contributed by atoms with Crippen molar-refractivity contribution in [3.8, 4) is 0 Å². The molecule has 0 bridgehead atoms. The first-order valence-corrected chi connectivity index (χ1v) is 4.94. The van der Waals surface area contributed by atoms with E-state index in [1.807, 2.05) is 0 Å². The monoisotopic (exact) mass is 216 g/mol. The zero-order valence-electron chi connectivity index (χ0n) is 8.52. The van der Waals surface area contributed by atoms with Crippen molar-refractivity contribution >= 4 is 11.9 Å². The third-order valence-electron chi connectivity index (χ3n) is 2.41. The third kappa shape index (κ3) is 3.85. The number of piperidine rings is 1. The lowest BCUT2D eigenvalue weighted by Crippen LogP contribution is -2.43. The van der Waals surface area contributed by atoms with Crippen LogP contribution in [0.2, 0.25) is 0 Å². The van der Waals surface area contributed by atoms with Gasteiger partial charge in [-0.15, -0.1) is 0 Å². The van der Waals surface area contributed by atoms with Gasteiger partial charge in [0.25, 0.3) is 0 Å². The third-order valence-corrected chi connectivity index (χ3v) is 2.41. The van der Waals surface area contributed by atoms with Gasteiger partial charge in [0.05, 0.1) is 12.6 Å². The predicted octanol–water partition coefficient (Wildman–Crippen LogP) is -0.963. The van der Waals surface area contributed by atoms with Crippen LogP contribution >= 0.6 is 0 Å². The number of carbonyl (C=O) groups is 2. The molecule has 0 atom stereocenters. The molecule has 0 spiro atoms. The largest absolute Gasteiger partial charge is 0.480 e. The molecule has 86 valence electrons. The van der Waals surface area contributed by atoms with Gasteiger partial charge in [-0.05, 0) is 12.8 Å². The van der Waals surface area contributed by atoms with E-state index in [1.54, 1.807) is 4.90 Å². The van der Waals surface area contributed by atoms with Gasteiger partial charge in [0, 0.05) is 13.1 Å². The van der Waals surface area contributed by atoms with Crippen LogP contribution in [-0.4, -0.2) is 54.2 Å². The molecule has 1 heterocycles. The van der Waals surface area contributed by atoms with Crippen LogP contribution < -0.4 is 5.73 Å². The minimum absolute atomic E-state index is 0.0284. The number of ether oxygens (including phenoxy) is 1. The Kier molecular flexibility index (Phi) is 4.51. The molecule has 1 saturated heterocycles. The molecule has 3 N–H and O–H groups in total. The molecule has 0 saturated carbocycles. The van der Waals surface area contributed by atoms with Crippen molar-refractivity contribution in [2.24, 2.45) is 5.73 Å². The van der Waals surface area contributed by atoms with Crippen LogP contribution in [0.25, 0.3) is 0 Å². The summed E-state index contributed by atoms with van der Waals surface area (Å²) in [7, 11) is 0. The van der Waals surface area contributed by atoms with Gasteiger partial charge in [0.15, 0.2) is 0 Å². The number of amides is 1. The SMILES string of the molecule is NCC(=O)N1CCC(OCC(=O)O)CC1. The molecule has 0 unspecified atom stereocenters. The van der Waals surface area contributed by atoms with Gasteiger partial charge in [0.1, 0.15) is 6.61 Å². The van der Waals surface area contributed by atoms with Crippen LogP contribution in [-0.2, 0) is 14.3 Å². The molecule has 1 rings (SSSR count). The number of rotatable bonds is 4. The summed E-state index contributed by atoms with van der Waals surface area (Å²) in [6.45, 7) is 0.955. The van der Waals surface area contributed by atoms with E-state index in [0.717, 1.165) is 0 Å². The Balaban J connectivity index is 2.23. The fourth-order valence-electron chi connectivity index (χ4n) is 1.59. The first-order chi connectivity index (χ1) is 7.13. The summed E-state index contributed by atoms with van der Waals surface area (Å²) < 4.78 is 5.14. The zero-order valence-corrected chi connectivity index (χ0v) is 8.52. The Labute approximate surface area is 88.0 Å². The first-order valence-electron chi connectivity index (χ1n) is 4.94. The van der Waals surface area contributed by atoms with Crippen LogP contribution in [0.3, 0.4) is 0 Å². The second-order valence-corrected chi connectivity index (χ2v) is 3.49. The summed E-state index contributed by atoms with van der Waals surface area (Å²) in [6.07, 6.45) is 1.31. The van der Waals surface area contributed by atoms with Crippen LogP contribution in [0.15, 0.2) is 0 Å². The molecule has 6 nitrogen and oxygen atoms in total. The lowest BCUT2D eigenvalue weighted by atomic mass is 10.1. The van der Waals surface area contributed by atoms with E-state index in [4.69, 9.17) is 15.6 Å². The molecule has 1 aliphatic heterocycles. The summed E-state index contributed by atoms with van der Waals surface area (Å²) in [5.41, 5.74) is 5.24. The molecule has 6 heteroatoms. The smallest absolute Gasteiger partial charge is 0.329 e. The molecule has 0 aliphatic carbocycles. The summed E-state index contributed by atoms with van der Waals surface area (Å²) in [4.78, 5) is 23.1. The number of aliphatic carboxylic acids is 1. The van der Waals surface area contributed by atoms with E-state index in [-0.39, 0.29) is 25.2 Å². The molecule has 0 aromatic heterocycles.